The average Bonchev–Trinajstić information content (AvgIpc) is 3.39. The minimum absolute atomic E-state index is 0.0146. The molecule has 2 amide bonds. The summed E-state index contributed by atoms with van der Waals surface area (Å²) >= 11 is 7.34. The summed E-state index contributed by atoms with van der Waals surface area (Å²) in [6, 6.07) is 7.78. The van der Waals surface area contributed by atoms with Crippen molar-refractivity contribution in [1.82, 2.24) is 20.6 Å². The van der Waals surface area contributed by atoms with Gasteiger partial charge in [0.15, 0.2) is 5.01 Å². The Labute approximate surface area is 189 Å². The fourth-order valence-corrected chi connectivity index (χ4v) is 5.08. The van der Waals surface area contributed by atoms with E-state index in [9.17, 15) is 9.59 Å². The summed E-state index contributed by atoms with van der Waals surface area (Å²) in [5.74, 6) is -0.436. The van der Waals surface area contributed by atoms with Crippen molar-refractivity contribution < 1.29 is 9.59 Å². The zero-order chi connectivity index (χ0) is 21.8. The molecule has 7 nitrogen and oxygen atoms in total. The van der Waals surface area contributed by atoms with Gasteiger partial charge in [0.05, 0.1) is 5.69 Å². The van der Waals surface area contributed by atoms with Crippen LogP contribution in [-0.2, 0) is 13.0 Å². The highest BCUT2D eigenvalue weighted by atomic mass is 35.5. The number of thiazole rings is 1. The molecule has 2 aliphatic rings. The molecule has 5 N–H and O–H groups in total. The number of halogens is 1. The lowest BCUT2D eigenvalue weighted by Gasteiger charge is -2.22. The Bertz CT molecular complexity index is 1060. The molecule has 31 heavy (non-hydrogen) atoms. The molecule has 0 bridgehead atoms. The van der Waals surface area contributed by atoms with Gasteiger partial charge in [-0.1, -0.05) is 30.9 Å². The SMILES string of the molecule is NC(=O)c1nc2c(s1)CNCC2.O=C(NC1CCCCC1)c1cc2cc(Cl)ccc2[nH]1. The molecule has 1 aromatic carbocycles. The first kappa shape index (κ1) is 21.8. The van der Waals surface area contributed by atoms with Crippen molar-refractivity contribution in [2.24, 2.45) is 5.73 Å². The number of amides is 2. The smallest absolute Gasteiger partial charge is 0.277 e. The number of hydrogen-bond acceptors (Lipinski definition) is 5. The zero-order valence-electron chi connectivity index (χ0n) is 17.2. The van der Waals surface area contributed by atoms with Gasteiger partial charge in [-0.25, -0.2) is 4.98 Å². The van der Waals surface area contributed by atoms with Gasteiger partial charge < -0.3 is 21.4 Å². The third-order valence-corrected chi connectivity index (χ3v) is 6.93. The predicted octanol–water partition coefficient (Wildman–Crippen LogP) is 3.77. The van der Waals surface area contributed by atoms with Gasteiger partial charge >= 0.3 is 0 Å². The molecular formula is C22H26ClN5O2S. The van der Waals surface area contributed by atoms with Gasteiger partial charge in [0.2, 0.25) is 0 Å². The fourth-order valence-electron chi connectivity index (χ4n) is 3.97. The topological polar surface area (TPSA) is 113 Å². The van der Waals surface area contributed by atoms with Crippen LogP contribution in [0.3, 0.4) is 0 Å². The quantitative estimate of drug-likeness (QED) is 0.477. The molecule has 9 heteroatoms. The predicted molar refractivity (Wildman–Crippen MR) is 124 cm³/mol. The molecule has 5 rings (SSSR count). The second kappa shape index (κ2) is 9.80. The van der Waals surface area contributed by atoms with Crippen molar-refractivity contribution in [3.8, 4) is 0 Å². The van der Waals surface area contributed by atoms with E-state index >= 15 is 0 Å². The highest BCUT2D eigenvalue weighted by molar-refractivity contribution is 7.13. The summed E-state index contributed by atoms with van der Waals surface area (Å²) < 4.78 is 0. The molecule has 1 fully saturated rings. The summed E-state index contributed by atoms with van der Waals surface area (Å²) in [5.41, 5.74) is 7.71. The van der Waals surface area contributed by atoms with Crippen LogP contribution in [0.5, 0.6) is 0 Å². The lowest BCUT2D eigenvalue weighted by Crippen LogP contribution is -2.36. The van der Waals surface area contributed by atoms with Gasteiger partial charge in [0, 0.05) is 46.4 Å². The highest BCUT2D eigenvalue weighted by Gasteiger charge is 2.18. The van der Waals surface area contributed by atoms with E-state index in [1.54, 1.807) is 0 Å². The number of benzene rings is 1. The van der Waals surface area contributed by atoms with Crippen molar-refractivity contribution >= 4 is 45.7 Å². The average molecular weight is 460 g/mol. The van der Waals surface area contributed by atoms with Gasteiger partial charge in [0.1, 0.15) is 5.69 Å². The third-order valence-electron chi connectivity index (χ3n) is 5.58. The maximum Gasteiger partial charge on any atom is 0.277 e. The number of H-pyrrole nitrogens is 1. The zero-order valence-corrected chi connectivity index (χ0v) is 18.7. The summed E-state index contributed by atoms with van der Waals surface area (Å²) in [7, 11) is 0. The van der Waals surface area contributed by atoms with Gasteiger partial charge in [-0.3, -0.25) is 9.59 Å². The molecule has 0 spiro atoms. The molecule has 0 unspecified atom stereocenters. The van der Waals surface area contributed by atoms with E-state index < -0.39 is 5.91 Å². The Morgan fingerprint density at radius 1 is 1.19 bits per heavy atom. The van der Waals surface area contributed by atoms with Crippen LogP contribution < -0.4 is 16.4 Å². The number of primary amides is 1. The van der Waals surface area contributed by atoms with Crippen molar-refractivity contribution in [1.29, 1.82) is 0 Å². The highest BCUT2D eigenvalue weighted by Crippen LogP contribution is 2.22. The first-order valence-corrected chi connectivity index (χ1v) is 11.8. The van der Waals surface area contributed by atoms with E-state index in [1.807, 2.05) is 24.3 Å². The number of rotatable bonds is 3. The molecule has 164 valence electrons. The van der Waals surface area contributed by atoms with Crippen LogP contribution in [0.1, 0.15) is 63.0 Å². The number of nitrogens with zero attached hydrogens (tertiary/aromatic N) is 1. The molecule has 2 aromatic heterocycles. The van der Waals surface area contributed by atoms with Crippen LogP contribution in [0.4, 0.5) is 0 Å². The fraction of sp³-hybridized carbons (Fsp3) is 0.409. The maximum atomic E-state index is 12.2. The Kier molecular flexibility index (Phi) is 6.89. The molecule has 0 saturated heterocycles. The molecule has 0 atom stereocenters. The van der Waals surface area contributed by atoms with Gasteiger partial charge in [-0.05, 0) is 37.1 Å². The Balaban J connectivity index is 0.000000166. The number of nitrogens with one attached hydrogen (secondary N) is 3. The largest absolute Gasteiger partial charge is 0.364 e. The number of carbonyl (C=O) groups excluding carboxylic acids is 2. The van der Waals surface area contributed by atoms with E-state index in [4.69, 9.17) is 17.3 Å². The second-order valence-corrected chi connectivity index (χ2v) is 9.42. The first-order valence-electron chi connectivity index (χ1n) is 10.6. The number of aromatic nitrogens is 2. The number of fused-ring (bicyclic) bond motifs is 2. The van der Waals surface area contributed by atoms with Crippen LogP contribution in [0, 0.1) is 0 Å². The number of aromatic amines is 1. The van der Waals surface area contributed by atoms with Gasteiger partial charge in [-0.2, -0.15) is 0 Å². The van der Waals surface area contributed by atoms with Crippen LogP contribution >= 0.6 is 22.9 Å². The molecule has 1 saturated carbocycles. The van der Waals surface area contributed by atoms with Crippen molar-refractivity contribution in [3.05, 3.63) is 50.6 Å². The molecule has 3 aromatic rings. The summed E-state index contributed by atoms with van der Waals surface area (Å²) in [4.78, 5) is 31.4. The van der Waals surface area contributed by atoms with E-state index in [0.29, 0.717) is 21.8 Å². The Hall–Kier alpha value is -2.42. The third kappa shape index (κ3) is 5.44. The van der Waals surface area contributed by atoms with Crippen LogP contribution in [0.25, 0.3) is 10.9 Å². The lowest BCUT2D eigenvalue weighted by molar-refractivity contribution is 0.0922. The van der Waals surface area contributed by atoms with Crippen LogP contribution in [0.2, 0.25) is 5.02 Å². The first-order chi connectivity index (χ1) is 15.0. The number of hydrogen-bond donors (Lipinski definition) is 4. The van der Waals surface area contributed by atoms with Gasteiger partial charge in [0.25, 0.3) is 11.8 Å². The molecule has 0 radical (unpaired) electrons. The van der Waals surface area contributed by atoms with E-state index in [1.165, 1.54) is 30.6 Å². The minimum Gasteiger partial charge on any atom is -0.364 e. The van der Waals surface area contributed by atoms with Gasteiger partial charge in [-0.15, -0.1) is 11.3 Å². The van der Waals surface area contributed by atoms with Crippen molar-refractivity contribution in [2.75, 3.05) is 6.54 Å². The lowest BCUT2D eigenvalue weighted by atomic mass is 9.95. The summed E-state index contributed by atoms with van der Waals surface area (Å²) in [6.45, 7) is 1.76. The number of nitrogens with two attached hydrogens (primary N) is 1. The van der Waals surface area contributed by atoms with E-state index in [0.717, 1.165) is 53.8 Å². The molecule has 1 aliphatic heterocycles. The van der Waals surface area contributed by atoms with Crippen LogP contribution in [-0.4, -0.2) is 34.4 Å². The summed E-state index contributed by atoms with van der Waals surface area (Å²) in [6.07, 6.45) is 6.81. The molecular weight excluding hydrogens is 434 g/mol. The summed E-state index contributed by atoms with van der Waals surface area (Å²) in [5, 5.41) is 8.41. The second-order valence-electron chi connectivity index (χ2n) is 7.90. The normalized spacial score (nSPS) is 16.3. The monoisotopic (exact) mass is 459 g/mol. The minimum atomic E-state index is -0.422. The Morgan fingerprint density at radius 2 is 2.00 bits per heavy atom. The van der Waals surface area contributed by atoms with E-state index in [2.05, 4.69) is 20.6 Å². The van der Waals surface area contributed by atoms with Crippen molar-refractivity contribution in [3.63, 3.8) is 0 Å². The van der Waals surface area contributed by atoms with Crippen LogP contribution in [0.15, 0.2) is 24.3 Å². The molecule has 1 aliphatic carbocycles. The van der Waals surface area contributed by atoms with Crippen molar-refractivity contribution in [2.45, 2.75) is 51.1 Å². The Morgan fingerprint density at radius 3 is 2.74 bits per heavy atom. The standard InChI is InChI=1S/C15H17ClN2O.C7H9N3OS/c16-11-6-7-13-10(8-11)9-14(18-13)15(19)17-12-4-2-1-3-5-12;8-6(11)7-10-4-1-2-9-3-5(4)12-7/h6-9,12,18H,1-5H2,(H,17,19);9H,1-3H2,(H2,8,11). The van der Waals surface area contributed by atoms with E-state index in [-0.39, 0.29) is 5.91 Å². The molecule has 3 heterocycles. The maximum absolute atomic E-state index is 12.2. The number of carbonyl (C=O) groups is 2.